The maximum atomic E-state index is 12.2. The second kappa shape index (κ2) is 8.56. The van der Waals surface area contributed by atoms with Crippen molar-refractivity contribution in [1.29, 1.82) is 0 Å². The van der Waals surface area contributed by atoms with Gasteiger partial charge in [-0.05, 0) is 83.5 Å². The Kier molecular flexibility index (Phi) is 6.15. The van der Waals surface area contributed by atoms with Crippen LogP contribution in [0.3, 0.4) is 0 Å². The molecule has 0 saturated carbocycles. The number of rotatable bonds is 6. The zero-order valence-electron chi connectivity index (χ0n) is 15.4. The van der Waals surface area contributed by atoms with Crippen molar-refractivity contribution in [1.82, 2.24) is 0 Å². The third-order valence-electron chi connectivity index (χ3n) is 3.98. The van der Waals surface area contributed by atoms with Crippen molar-refractivity contribution in [2.24, 2.45) is 4.99 Å². The molecule has 0 atom stereocenters. The number of cyclic esters (lactones) is 1. The molecule has 0 amide bonds. The van der Waals surface area contributed by atoms with Crippen LogP contribution in [-0.4, -0.2) is 25.6 Å². The normalized spacial score (nSPS) is 14.9. The Balaban J connectivity index is 1.88. The maximum absolute atomic E-state index is 12.2. The van der Waals surface area contributed by atoms with Gasteiger partial charge in [-0.2, -0.15) is 0 Å². The van der Waals surface area contributed by atoms with Crippen molar-refractivity contribution in [3.05, 3.63) is 62.4 Å². The average molecular weight is 477 g/mol. The summed E-state index contributed by atoms with van der Waals surface area (Å²) in [6.45, 7) is 4.67. The molecular weight excluding hydrogens is 457 g/mol. The lowest BCUT2D eigenvalue weighted by molar-refractivity contribution is -0.129. The average Bonchev–Trinajstić information content (AvgIpc) is 3.03. The first-order valence-corrected chi connectivity index (χ1v) is 9.69. The number of nitrogens with zero attached hydrogens (tertiary/aromatic N) is 1. The van der Waals surface area contributed by atoms with Gasteiger partial charge in [0.05, 0.1) is 13.7 Å². The van der Waals surface area contributed by atoms with Gasteiger partial charge in [0, 0.05) is 9.13 Å². The van der Waals surface area contributed by atoms with E-state index in [1.165, 1.54) is 0 Å². The fourth-order valence-corrected chi connectivity index (χ4v) is 2.91. The van der Waals surface area contributed by atoms with E-state index in [0.717, 1.165) is 26.7 Å². The molecule has 140 valence electrons. The number of methoxy groups -OCH3 is 1. The maximum Gasteiger partial charge on any atom is 0.363 e. The van der Waals surface area contributed by atoms with Gasteiger partial charge in [-0.1, -0.05) is 13.0 Å². The second-order valence-corrected chi connectivity index (χ2v) is 7.22. The fraction of sp³-hybridized carbons (Fsp3) is 0.238. The summed E-state index contributed by atoms with van der Waals surface area (Å²) in [6.07, 6.45) is 2.59. The molecule has 27 heavy (non-hydrogen) atoms. The van der Waals surface area contributed by atoms with E-state index in [4.69, 9.17) is 14.2 Å². The first-order valence-electron chi connectivity index (χ1n) is 8.61. The lowest BCUT2D eigenvalue weighted by atomic mass is 10.1. The molecule has 5 nitrogen and oxygen atoms in total. The molecule has 6 heteroatoms. The second-order valence-electron chi connectivity index (χ2n) is 6.06. The number of carbonyl (C=O) groups excluding carboxylic acids is 1. The lowest BCUT2D eigenvalue weighted by Crippen LogP contribution is -2.05. The van der Waals surface area contributed by atoms with Gasteiger partial charge >= 0.3 is 5.97 Å². The van der Waals surface area contributed by atoms with Gasteiger partial charge in [0.2, 0.25) is 5.90 Å². The molecule has 0 radical (unpaired) electrons. The smallest absolute Gasteiger partial charge is 0.363 e. The highest BCUT2D eigenvalue weighted by Crippen LogP contribution is 2.30. The minimum atomic E-state index is -0.466. The molecular formula is C21H20INO4. The number of ether oxygens (including phenoxy) is 3. The third-order valence-corrected chi connectivity index (χ3v) is 5.19. The number of aliphatic imine (C=N–C) groups is 1. The Labute approximate surface area is 172 Å². The zero-order chi connectivity index (χ0) is 19.4. The first kappa shape index (κ1) is 19.4. The molecule has 0 unspecified atom stereocenters. The number of aryl methyl sites for hydroxylation is 1. The van der Waals surface area contributed by atoms with Crippen molar-refractivity contribution in [2.45, 2.75) is 20.3 Å². The number of carbonyl (C=O) groups is 1. The minimum Gasteiger partial charge on any atom is -0.493 e. The molecule has 2 aromatic carbocycles. The van der Waals surface area contributed by atoms with Crippen LogP contribution in [0.15, 0.2) is 47.1 Å². The van der Waals surface area contributed by atoms with Crippen molar-refractivity contribution >= 4 is 40.5 Å². The molecule has 0 aromatic heterocycles. The van der Waals surface area contributed by atoms with Crippen LogP contribution in [-0.2, 0) is 9.53 Å². The van der Waals surface area contributed by atoms with Gasteiger partial charge < -0.3 is 14.2 Å². The van der Waals surface area contributed by atoms with E-state index in [2.05, 4.69) is 27.6 Å². The van der Waals surface area contributed by atoms with E-state index in [9.17, 15) is 4.79 Å². The Hall–Kier alpha value is -2.35. The molecule has 3 rings (SSSR count). The predicted octanol–water partition coefficient (Wildman–Crippen LogP) is 4.74. The van der Waals surface area contributed by atoms with E-state index < -0.39 is 5.97 Å². The highest BCUT2D eigenvalue weighted by molar-refractivity contribution is 14.1. The summed E-state index contributed by atoms with van der Waals surface area (Å²) in [5.41, 5.74) is 2.93. The van der Waals surface area contributed by atoms with Gasteiger partial charge in [0.15, 0.2) is 17.2 Å². The molecule has 1 aliphatic heterocycles. The van der Waals surface area contributed by atoms with Crippen LogP contribution in [0.1, 0.15) is 30.0 Å². The summed E-state index contributed by atoms with van der Waals surface area (Å²) in [5, 5.41) is 0. The molecule has 0 spiro atoms. The quantitative estimate of drug-likeness (QED) is 0.343. The summed E-state index contributed by atoms with van der Waals surface area (Å²) in [5.74, 6) is 1.14. The van der Waals surface area contributed by atoms with Crippen molar-refractivity contribution in [3.63, 3.8) is 0 Å². The minimum absolute atomic E-state index is 0.255. The molecule has 0 N–H and O–H groups in total. The van der Waals surface area contributed by atoms with Gasteiger partial charge in [-0.3, -0.25) is 0 Å². The van der Waals surface area contributed by atoms with Crippen molar-refractivity contribution in [2.75, 3.05) is 13.7 Å². The van der Waals surface area contributed by atoms with Crippen LogP contribution in [0, 0.1) is 10.5 Å². The summed E-state index contributed by atoms with van der Waals surface area (Å²) in [7, 11) is 1.59. The van der Waals surface area contributed by atoms with Gasteiger partial charge in [-0.25, -0.2) is 9.79 Å². The van der Waals surface area contributed by atoms with Gasteiger partial charge in [-0.15, -0.1) is 0 Å². The molecule has 2 aromatic rings. The third kappa shape index (κ3) is 4.50. The van der Waals surface area contributed by atoms with Crippen LogP contribution < -0.4 is 9.47 Å². The van der Waals surface area contributed by atoms with E-state index in [1.54, 1.807) is 13.2 Å². The predicted molar refractivity (Wildman–Crippen MR) is 113 cm³/mol. The summed E-state index contributed by atoms with van der Waals surface area (Å²) >= 11 is 2.26. The molecule has 0 saturated heterocycles. The van der Waals surface area contributed by atoms with E-state index in [-0.39, 0.29) is 5.70 Å². The molecule has 1 aliphatic rings. The highest BCUT2D eigenvalue weighted by atomic mass is 127. The largest absolute Gasteiger partial charge is 0.493 e. The SMILES string of the molecule is CCCOc1ccc(/C=C2\N=C(c3ccc(I)c(C)c3)OC2=O)cc1OC. The fourth-order valence-electron chi connectivity index (χ4n) is 2.57. The van der Waals surface area contributed by atoms with Crippen LogP contribution in [0.4, 0.5) is 0 Å². The Morgan fingerprint density at radius 2 is 2.00 bits per heavy atom. The molecule has 1 heterocycles. The number of hydrogen-bond donors (Lipinski definition) is 0. The van der Waals surface area contributed by atoms with E-state index >= 15 is 0 Å². The van der Waals surface area contributed by atoms with Gasteiger partial charge in [0.1, 0.15) is 0 Å². The Bertz CT molecular complexity index is 934. The van der Waals surface area contributed by atoms with E-state index in [1.807, 2.05) is 50.2 Å². The highest BCUT2D eigenvalue weighted by Gasteiger charge is 2.24. The number of halogens is 1. The van der Waals surface area contributed by atoms with Crippen LogP contribution >= 0.6 is 22.6 Å². The topological polar surface area (TPSA) is 57.1 Å². The van der Waals surface area contributed by atoms with E-state index in [0.29, 0.717) is 24.0 Å². The Morgan fingerprint density at radius 3 is 2.70 bits per heavy atom. The van der Waals surface area contributed by atoms with Crippen LogP contribution in [0.2, 0.25) is 0 Å². The van der Waals surface area contributed by atoms with Crippen LogP contribution in [0.5, 0.6) is 11.5 Å². The zero-order valence-corrected chi connectivity index (χ0v) is 17.6. The summed E-state index contributed by atoms with van der Waals surface area (Å²) in [4.78, 5) is 16.6. The monoisotopic (exact) mass is 477 g/mol. The van der Waals surface area contributed by atoms with Crippen molar-refractivity contribution < 1.29 is 19.0 Å². The molecule has 0 fully saturated rings. The number of hydrogen-bond acceptors (Lipinski definition) is 5. The molecule has 0 aliphatic carbocycles. The summed E-state index contributed by atoms with van der Waals surface area (Å²) in [6, 6.07) is 11.3. The number of benzene rings is 2. The molecule has 0 bridgehead atoms. The summed E-state index contributed by atoms with van der Waals surface area (Å²) < 4.78 is 17.5. The standard InChI is InChI=1S/C21H20INO4/c1-4-9-26-18-8-5-14(12-19(18)25-3)11-17-21(24)27-20(23-17)15-6-7-16(22)13(2)10-15/h5-8,10-12H,4,9H2,1-3H3/b17-11-. The Morgan fingerprint density at radius 1 is 1.19 bits per heavy atom. The number of esters is 1. The van der Waals surface area contributed by atoms with Gasteiger partial charge in [0.25, 0.3) is 0 Å². The first-order chi connectivity index (χ1) is 13.0. The van der Waals surface area contributed by atoms with Crippen molar-refractivity contribution in [3.8, 4) is 11.5 Å². The lowest BCUT2D eigenvalue weighted by Gasteiger charge is -2.10. The van der Waals surface area contributed by atoms with Crippen LogP contribution in [0.25, 0.3) is 6.08 Å².